The van der Waals surface area contributed by atoms with Gasteiger partial charge in [0, 0.05) is 34.7 Å². The van der Waals surface area contributed by atoms with Crippen LogP contribution in [0.25, 0.3) is 0 Å². The van der Waals surface area contributed by atoms with Crippen molar-refractivity contribution in [3.05, 3.63) is 45.9 Å². The number of piperidine rings is 1. The second kappa shape index (κ2) is 7.47. The second-order valence-corrected chi connectivity index (χ2v) is 7.81. The number of hydrogen-bond donors (Lipinski definition) is 1. The van der Waals surface area contributed by atoms with E-state index in [1.165, 1.54) is 0 Å². The highest BCUT2D eigenvalue weighted by molar-refractivity contribution is 7.98. The fourth-order valence-corrected chi connectivity index (χ4v) is 4.09. The summed E-state index contributed by atoms with van der Waals surface area (Å²) in [5, 5.41) is 12.7. The fourth-order valence-electron chi connectivity index (χ4n) is 2.58. The lowest BCUT2D eigenvalue weighted by atomic mass is 10.1. The van der Waals surface area contributed by atoms with Crippen molar-refractivity contribution < 1.29 is 9.90 Å². The van der Waals surface area contributed by atoms with Crippen LogP contribution in [0.15, 0.2) is 34.5 Å². The number of aliphatic hydroxyl groups is 1. The van der Waals surface area contributed by atoms with Crippen molar-refractivity contribution in [1.82, 2.24) is 9.88 Å². The Hall–Kier alpha value is -1.37. The molecular weight excluding hydrogens is 328 g/mol. The first-order valence-corrected chi connectivity index (χ1v) is 9.59. The molecule has 1 N–H and O–H groups in total. The molecule has 23 heavy (non-hydrogen) atoms. The van der Waals surface area contributed by atoms with Crippen molar-refractivity contribution in [3.8, 4) is 0 Å². The number of aromatic nitrogens is 1. The summed E-state index contributed by atoms with van der Waals surface area (Å²) in [4.78, 5) is 19.9. The van der Waals surface area contributed by atoms with Crippen LogP contribution in [0.3, 0.4) is 0 Å². The Morgan fingerprint density at radius 1 is 1.35 bits per heavy atom. The van der Waals surface area contributed by atoms with Crippen molar-refractivity contribution >= 4 is 29.0 Å². The summed E-state index contributed by atoms with van der Waals surface area (Å²) >= 11 is 3.40. The molecule has 1 aromatic carbocycles. The summed E-state index contributed by atoms with van der Waals surface area (Å²) in [7, 11) is 0. The number of hydrogen-bond acceptors (Lipinski definition) is 5. The number of thiazole rings is 1. The quantitative estimate of drug-likeness (QED) is 0.861. The molecule has 3 rings (SSSR count). The van der Waals surface area contributed by atoms with Gasteiger partial charge < -0.3 is 10.0 Å². The van der Waals surface area contributed by atoms with Crippen LogP contribution < -0.4 is 0 Å². The number of nitrogens with zero attached hydrogens (tertiary/aromatic N) is 2. The molecule has 1 aliphatic heterocycles. The van der Waals surface area contributed by atoms with Crippen molar-refractivity contribution in [1.29, 1.82) is 0 Å². The highest BCUT2D eigenvalue weighted by Gasteiger charge is 2.22. The molecule has 1 saturated heterocycles. The Morgan fingerprint density at radius 2 is 2.04 bits per heavy atom. The Morgan fingerprint density at radius 3 is 2.65 bits per heavy atom. The van der Waals surface area contributed by atoms with Gasteiger partial charge in [-0.1, -0.05) is 0 Å². The van der Waals surface area contributed by atoms with Crippen LogP contribution in [0.2, 0.25) is 0 Å². The van der Waals surface area contributed by atoms with Crippen LogP contribution in [0.5, 0.6) is 0 Å². The standard InChI is InChI=1S/C17H20N2O2S2/c1-12-18-14(10-22-12)11-23-16-4-2-13(3-5-16)17(21)19-8-6-15(20)7-9-19/h2-5,10,15,20H,6-9,11H2,1H3. The average Bonchev–Trinajstić information content (AvgIpc) is 2.99. The van der Waals surface area contributed by atoms with Crippen molar-refractivity contribution in [2.24, 2.45) is 0 Å². The molecule has 6 heteroatoms. The summed E-state index contributed by atoms with van der Waals surface area (Å²) < 4.78 is 0. The third kappa shape index (κ3) is 4.34. The zero-order chi connectivity index (χ0) is 16.2. The Labute approximate surface area is 144 Å². The summed E-state index contributed by atoms with van der Waals surface area (Å²) in [6.07, 6.45) is 1.09. The Kier molecular flexibility index (Phi) is 5.35. The van der Waals surface area contributed by atoms with Crippen LogP contribution in [0.4, 0.5) is 0 Å². The van der Waals surface area contributed by atoms with E-state index in [4.69, 9.17) is 0 Å². The first kappa shape index (κ1) is 16.5. The summed E-state index contributed by atoms with van der Waals surface area (Å²) in [5.74, 6) is 0.908. The van der Waals surface area contributed by atoms with E-state index in [1.807, 2.05) is 36.1 Å². The largest absolute Gasteiger partial charge is 0.393 e. The van der Waals surface area contributed by atoms with E-state index < -0.39 is 0 Å². The molecule has 0 spiro atoms. The maximum atomic E-state index is 12.4. The predicted molar refractivity (Wildman–Crippen MR) is 94.0 cm³/mol. The van der Waals surface area contributed by atoms with Gasteiger partial charge in [0.25, 0.3) is 5.91 Å². The van der Waals surface area contributed by atoms with E-state index in [9.17, 15) is 9.90 Å². The average molecular weight is 348 g/mol. The van der Waals surface area contributed by atoms with Crippen LogP contribution in [0.1, 0.15) is 33.9 Å². The van der Waals surface area contributed by atoms with Gasteiger partial charge in [-0.3, -0.25) is 4.79 Å². The number of aryl methyl sites for hydroxylation is 1. The van der Waals surface area contributed by atoms with Gasteiger partial charge in [-0.25, -0.2) is 4.98 Å². The minimum atomic E-state index is -0.257. The lowest BCUT2D eigenvalue weighted by molar-refractivity contribution is 0.0546. The zero-order valence-corrected chi connectivity index (χ0v) is 14.7. The zero-order valence-electron chi connectivity index (χ0n) is 13.1. The van der Waals surface area contributed by atoms with E-state index in [0.717, 1.165) is 26.9 Å². The molecular formula is C17H20N2O2S2. The molecule has 1 amide bonds. The van der Waals surface area contributed by atoms with E-state index in [1.54, 1.807) is 23.1 Å². The predicted octanol–water partition coefficient (Wildman–Crippen LogP) is 3.34. The van der Waals surface area contributed by atoms with Gasteiger partial charge in [0.05, 0.1) is 16.8 Å². The molecule has 0 atom stereocenters. The summed E-state index contributed by atoms with van der Waals surface area (Å²) in [5.41, 5.74) is 1.82. The maximum absolute atomic E-state index is 12.4. The molecule has 0 unspecified atom stereocenters. The van der Waals surface area contributed by atoms with Crippen LogP contribution in [0, 0.1) is 6.92 Å². The number of amides is 1. The third-order valence-electron chi connectivity index (χ3n) is 3.91. The van der Waals surface area contributed by atoms with E-state index in [2.05, 4.69) is 10.4 Å². The van der Waals surface area contributed by atoms with Crippen LogP contribution >= 0.6 is 23.1 Å². The van der Waals surface area contributed by atoms with Crippen LogP contribution in [-0.4, -0.2) is 40.1 Å². The third-order valence-corrected chi connectivity index (χ3v) is 5.77. The minimum absolute atomic E-state index is 0.0589. The number of thioether (sulfide) groups is 1. The molecule has 1 fully saturated rings. The lowest BCUT2D eigenvalue weighted by Crippen LogP contribution is -2.40. The first-order chi connectivity index (χ1) is 11.1. The minimum Gasteiger partial charge on any atom is -0.393 e. The lowest BCUT2D eigenvalue weighted by Gasteiger charge is -2.29. The van der Waals surface area contributed by atoms with Gasteiger partial charge in [0.15, 0.2) is 0 Å². The van der Waals surface area contributed by atoms with Gasteiger partial charge in [-0.05, 0) is 44.0 Å². The number of carbonyl (C=O) groups excluding carboxylic acids is 1. The fraction of sp³-hybridized carbons (Fsp3) is 0.412. The second-order valence-electron chi connectivity index (χ2n) is 5.69. The SMILES string of the molecule is Cc1nc(CSc2ccc(C(=O)N3CCC(O)CC3)cc2)cs1. The van der Waals surface area contributed by atoms with Gasteiger partial charge in [0.2, 0.25) is 0 Å². The number of rotatable bonds is 4. The molecule has 1 aromatic heterocycles. The summed E-state index contributed by atoms with van der Waals surface area (Å²) in [6, 6.07) is 7.77. The number of benzene rings is 1. The highest BCUT2D eigenvalue weighted by atomic mass is 32.2. The normalized spacial score (nSPS) is 15.8. The molecule has 2 aromatic rings. The molecule has 4 nitrogen and oxygen atoms in total. The molecule has 0 saturated carbocycles. The topological polar surface area (TPSA) is 53.4 Å². The first-order valence-electron chi connectivity index (χ1n) is 7.73. The molecule has 2 heterocycles. The number of likely N-dealkylation sites (tertiary alicyclic amines) is 1. The number of aliphatic hydroxyl groups excluding tert-OH is 1. The molecule has 1 aliphatic rings. The van der Waals surface area contributed by atoms with E-state index in [-0.39, 0.29) is 12.0 Å². The van der Waals surface area contributed by atoms with Gasteiger partial charge in [-0.15, -0.1) is 23.1 Å². The molecule has 0 aliphatic carbocycles. The molecule has 0 radical (unpaired) electrons. The van der Waals surface area contributed by atoms with Crippen molar-refractivity contribution in [2.45, 2.75) is 36.5 Å². The van der Waals surface area contributed by atoms with E-state index >= 15 is 0 Å². The van der Waals surface area contributed by atoms with Crippen LogP contribution in [-0.2, 0) is 5.75 Å². The Balaban J connectivity index is 1.57. The van der Waals surface area contributed by atoms with Gasteiger partial charge in [-0.2, -0.15) is 0 Å². The summed E-state index contributed by atoms with van der Waals surface area (Å²) in [6.45, 7) is 3.29. The molecule has 0 bridgehead atoms. The monoisotopic (exact) mass is 348 g/mol. The number of carbonyl (C=O) groups is 1. The maximum Gasteiger partial charge on any atom is 0.253 e. The highest BCUT2D eigenvalue weighted by Crippen LogP contribution is 2.24. The Bertz CT molecular complexity index is 661. The van der Waals surface area contributed by atoms with Crippen molar-refractivity contribution in [3.63, 3.8) is 0 Å². The van der Waals surface area contributed by atoms with Gasteiger partial charge in [0.1, 0.15) is 0 Å². The van der Waals surface area contributed by atoms with Gasteiger partial charge >= 0.3 is 0 Å². The smallest absolute Gasteiger partial charge is 0.253 e. The van der Waals surface area contributed by atoms with E-state index in [0.29, 0.717) is 25.9 Å². The van der Waals surface area contributed by atoms with Crippen molar-refractivity contribution in [2.75, 3.05) is 13.1 Å². The molecule has 122 valence electrons.